The van der Waals surface area contributed by atoms with Gasteiger partial charge >= 0.3 is 5.97 Å². The molecule has 0 aliphatic heterocycles. The average Bonchev–Trinajstić information content (AvgIpc) is 3.11. The second kappa shape index (κ2) is 9.38. The summed E-state index contributed by atoms with van der Waals surface area (Å²) in [5.41, 5.74) is 4.86. The van der Waals surface area contributed by atoms with Crippen molar-refractivity contribution < 1.29 is 9.53 Å². The maximum atomic E-state index is 12.6. The molecule has 1 fully saturated rings. The standard InChI is InChI=1S/C26H30BrNO2/c1-3-30-26(29)16-22(19-9-7-8-18(2)14-19)24-17-28(21-10-5-4-6-11-21)25-13-12-20(27)15-23(24)25/h7-9,12-15,17,21-22H,3-6,10-11,16H2,1-2H3. The van der Waals surface area contributed by atoms with Crippen LogP contribution >= 0.6 is 15.9 Å². The number of esters is 1. The first-order valence-electron chi connectivity index (χ1n) is 11.1. The summed E-state index contributed by atoms with van der Waals surface area (Å²) >= 11 is 3.66. The number of rotatable bonds is 6. The second-order valence-electron chi connectivity index (χ2n) is 8.42. The van der Waals surface area contributed by atoms with Crippen LogP contribution in [-0.2, 0) is 9.53 Å². The van der Waals surface area contributed by atoms with E-state index < -0.39 is 0 Å². The summed E-state index contributed by atoms with van der Waals surface area (Å²) in [6.07, 6.45) is 9.05. The van der Waals surface area contributed by atoms with Crippen molar-refractivity contribution >= 4 is 32.8 Å². The summed E-state index contributed by atoms with van der Waals surface area (Å²) in [5, 5.41) is 1.23. The summed E-state index contributed by atoms with van der Waals surface area (Å²) in [6.45, 7) is 4.38. The van der Waals surface area contributed by atoms with Crippen LogP contribution in [-0.4, -0.2) is 17.1 Å². The van der Waals surface area contributed by atoms with E-state index in [1.54, 1.807) is 0 Å². The number of carbonyl (C=O) groups is 1. The van der Waals surface area contributed by atoms with Gasteiger partial charge in [-0.3, -0.25) is 4.79 Å². The number of hydrogen-bond donors (Lipinski definition) is 0. The van der Waals surface area contributed by atoms with E-state index in [-0.39, 0.29) is 11.9 Å². The predicted octanol–water partition coefficient (Wildman–Crippen LogP) is 7.30. The van der Waals surface area contributed by atoms with E-state index in [2.05, 4.69) is 76.1 Å². The molecule has 1 aromatic heterocycles. The molecule has 0 N–H and O–H groups in total. The van der Waals surface area contributed by atoms with Crippen molar-refractivity contribution in [3.8, 4) is 0 Å². The van der Waals surface area contributed by atoms with Gasteiger partial charge in [0.25, 0.3) is 0 Å². The van der Waals surface area contributed by atoms with Crippen LogP contribution in [0.4, 0.5) is 0 Å². The quantitative estimate of drug-likeness (QED) is 0.356. The number of aryl methyl sites for hydroxylation is 1. The van der Waals surface area contributed by atoms with Crippen molar-refractivity contribution in [3.05, 3.63) is 69.8 Å². The van der Waals surface area contributed by atoms with E-state index in [0.717, 1.165) is 4.47 Å². The zero-order valence-electron chi connectivity index (χ0n) is 17.9. The number of benzene rings is 2. The summed E-state index contributed by atoms with van der Waals surface area (Å²) < 4.78 is 8.89. The second-order valence-corrected chi connectivity index (χ2v) is 9.34. The number of halogens is 1. The lowest BCUT2D eigenvalue weighted by atomic mass is 9.87. The van der Waals surface area contributed by atoms with Gasteiger partial charge in [0.1, 0.15) is 0 Å². The molecule has 0 radical (unpaired) electrons. The van der Waals surface area contributed by atoms with Crippen LogP contribution in [0.15, 0.2) is 53.1 Å². The lowest BCUT2D eigenvalue weighted by molar-refractivity contribution is -0.143. The molecule has 30 heavy (non-hydrogen) atoms. The van der Waals surface area contributed by atoms with Gasteiger partial charge in [-0.15, -0.1) is 0 Å². The Hall–Kier alpha value is -2.07. The Balaban J connectivity index is 1.85. The molecule has 0 amide bonds. The van der Waals surface area contributed by atoms with Crippen LogP contribution in [0.1, 0.15) is 74.1 Å². The number of carbonyl (C=O) groups excluding carboxylic acids is 1. The summed E-state index contributed by atoms with van der Waals surface area (Å²) in [5.74, 6) is -0.164. The number of ether oxygens (including phenoxy) is 1. The van der Waals surface area contributed by atoms with Gasteiger partial charge in [-0.2, -0.15) is 0 Å². The molecule has 1 atom stereocenters. The van der Waals surface area contributed by atoms with Gasteiger partial charge in [0.05, 0.1) is 13.0 Å². The average molecular weight is 468 g/mol. The van der Waals surface area contributed by atoms with Crippen LogP contribution in [0.2, 0.25) is 0 Å². The van der Waals surface area contributed by atoms with E-state index in [1.165, 1.54) is 59.7 Å². The topological polar surface area (TPSA) is 31.2 Å². The summed E-state index contributed by atoms with van der Waals surface area (Å²) in [7, 11) is 0. The van der Waals surface area contributed by atoms with E-state index in [4.69, 9.17) is 4.74 Å². The SMILES string of the molecule is CCOC(=O)CC(c1cccc(C)c1)c1cn(C2CCCCC2)c2ccc(Br)cc12. The van der Waals surface area contributed by atoms with Crippen molar-refractivity contribution in [2.75, 3.05) is 6.61 Å². The van der Waals surface area contributed by atoms with Gasteiger partial charge in [0.15, 0.2) is 0 Å². The molecule has 1 aliphatic rings. The van der Waals surface area contributed by atoms with Crippen LogP contribution in [0.25, 0.3) is 10.9 Å². The highest BCUT2D eigenvalue weighted by molar-refractivity contribution is 9.10. The molecule has 0 bridgehead atoms. The van der Waals surface area contributed by atoms with Crippen molar-refractivity contribution in [1.82, 2.24) is 4.57 Å². The largest absolute Gasteiger partial charge is 0.466 e. The Morgan fingerprint density at radius 1 is 1.17 bits per heavy atom. The van der Waals surface area contributed by atoms with E-state index in [9.17, 15) is 4.79 Å². The van der Waals surface area contributed by atoms with Crippen LogP contribution < -0.4 is 0 Å². The number of hydrogen-bond acceptors (Lipinski definition) is 2. The minimum absolute atomic E-state index is 0.0226. The molecule has 1 saturated carbocycles. The van der Waals surface area contributed by atoms with Gasteiger partial charge in [-0.1, -0.05) is 65.0 Å². The first kappa shape index (κ1) is 21.2. The highest BCUT2D eigenvalue weighted by Crippen LogP contribution is 2.40. The monoisotopic (exact) mass is 467 g/mol. The van der Waals surface area contributed by atoms with Crippen molar-refractivity contribution in [2.45, 2.75) is 64.3 Å². The Kier molecular flexibility index (Phi) is 6.62. The minimum Gasteiger partial charge on any atom is -0.466 e. The molecule has 0 saturated heterocycles. The molecule has 1 heterocycles. The van der Waals surface area contributed by atoms with Gasteiger partial charge in [-0.25, -0.2) is 0 Å². The Bertz CT molecular complexity index is 1030. The van der Waals surface area contributed by atoms with Crippen molar-refractivity contribution in [2.24, 2.45) is 0 Å². The smallest absolute Gasteiger partial charge is 0.306 e. The molecule has 2 aromatic carbocycles. The molecule has 158 valence electrons. The van der Waals surface area contributed by atoms with E-state index in [1.807, 2.05) is 6.92 Å². The first-order chi connectivity index (χ1) is 14.6. The highest BCUT2D eigenvalue weighted by atomic mass is 79.9. The fourth-order valence-electron chi connectivity index (χ4n) is 4.87. The number of nitrogens with zero attached hydrogens (tertiary/aromatic N) is 1. The van der Waals surface area contributed by atoms with E-state index in [0.29, 0.717) is 19.1 Å². The molecule has 4 heteroatoms. The lowest BCUT2D eigenvalue weighted by Gasteiger charge is -2.24. The Morgan fingerprint density at radius 2 is 1.97 bits per heavy atom. The maximum absolute atomic E-state index is 12.6. The van der Waals surface area contributed by atoms with E-state index >= 15 is 0 Å². The Morgan fingerprint density at radius 3 is 2.70 bits per heavy atom. The van der Waals surface area contributed by atoms with Crippen LogP contribution in [0.3, 0.4) is 0 Å². The number of aromatic nitrogens is 1. The molecule has 3 nitrogen and oxygen atoms in total. The molecule has 3 aromatic rings. The normalized spacial score (nSPS) is 16.0. The van der Waals surface area contributed by atoms with Gasteiger partial charge in [0, 0.05) is 33.5 Å². The lowest BCUT2D eigenvalue weighted by Crippen LogP contribution is -2.13. The third-order valence-corrected chi connectivity index (χ3v) is 6.78. The van der Waals surface area contributed by atoms with Crippen LogP contribution in [0.5, 0.6) is 0 Å². The third kappa shape index (κ3) is 4.49. The molecular weight excluding hydrogens is 438 g/mol. The van der Waals surface area contributed by atoms with Crippen molar-refractivity contribution in [1.29, 1.82) is 0 Å². The molecule has 1 unspecified atom stereocenters. The third-order valence-electron chi connectivity index (χ3n) is 6.29. The van der Waals surface area contributed by atoms with Crippen molar-refractivity contribution in [3.63, 3.8) is 0 Å². The summed E-state index contributed by atoms with van der Waals surface area (Å²) in [6, 6.07) is 15.6. The molecule has 1 aliphatic carbocycles. The minimum atomic E-state index is -0.141. The Labute approximate surface area is 187 Å². The zero-order chi connectivity index (χ0) is 21.1. The fraction of sp³-hybridized carbons (Fsp3) is 0.423. The summed E-state index contributed by atoms with van der Waals surface area (Å²) in [4.78, 5) is 12.6. The molecule has 0 spiro atoms. The highest BCUT2D eigenvalue weighted by Gasteiger charge is 2.26. The van der Waals surface area contributed by atoms with Crippen LogP contribution in [0, 0.1) is 6.92 Å². The number of fused-ring (bicyclic) bond motifs is 1. The maximum Gasteiger partial charge on any atom is 0.306 e. The first-order valence-corrected chi connectivity index (χ1v) is 11.9. The predicted molar refractivity (Wildman–Crippen MR) is 126 cm³/mol. The van der Waals surface area contributed by atoms with Gasteiger partial charge in [0.2, 0.25) is 0 Å². The zero-order valence-corrected chi connectivity index (χ0v) is 19.5. The molecular formula is C26H30BrNO2. The molecule has 4 rings (SSSR count). The van der Waals surface area contributed by atoms with Gasteiger partial charge in [-0.05, 0) is 56.0 Å². The van der Waals surface area contributed by atoms with Gasteiger partial charge < -0.3 is 9.30 Å². The fourth-order valence-corrected chi connectivity index (χ4v) is 5.23.